The van der Waals surface area contributed by atoms with Crippen molar-refractivity contribution >= 4 is 22.7 Å². The van der Waals surface area contributed by atoms with Crippen molar-refractivity contribution in [1.82, 2.24) is 4.57 Å². The molecule has 0 aliphatic heterocycles. The summed E-state index contributed by atoms with van der Waals surface area (Å²) in [5.41, 5.74) is 7.64. The maximum atomic E-state index is 3.34. The molecule has 1 aromatic heterocycles. The Morgan fingerprint density at radius 3 is 2.30 bits per heavy atom. The van der Waals surface area contributed by atoms with E-state index in [0.29, 0.717) is 0 Å². The van der Waals surface area contributed by atoms with Gasteiger partial charge in [0.2, 0.25) is 0 Å². The maximum Gasteiger partial charge on any atom is 0.0562 e. The third-order valence-electron chi connectivity index (χ3n) is 6.03. The molecule has 2 heteroatoms. The number of para-hydroxylation sites is 2. The molecule has 0 bridgehead atoms. The highest BCUT2D eigenvalue weighted by molar-refractivity contribution is 5.97. The molecule has 0 spiro atoms. The van der Waals surface area contributed by atoms with Gasteiger partial charge in [0, 0.05) is 36.2 Å². The highest BCUT2D eigenvalue weighted by Gasteiger charge is 2.22. The number of nitrogens with zero attached hydrogens (tertiary/aromatic N) is 1. The predicted octanol–water partition coefficient (Wildman–Crippen LogP) is 7.27. The molecule has 4 aromatic rings. The van der Waals surface area contributed by atoms with E-state index in [4.69, 9.17) is 0 Å². The van der Waals surface area contributed by atoms with Crippen molar-refractivity contribution in [2.45, 2.75) is 25.7 Å². The molecule has 0 saturated heterocycles. The number of aryl methyl sites for hydroxylation is 1. The van der Waals surface area contributed by atoms with Crippen molar-refractivity contribution in [2.24, 2.45) is 7.05 Å². The number of anilines is 1. The molecule has 4 rings (SSSR count). The van der Waals surface area contributed by atoms with Crippen LogP contribution in [0.15, 0.2) is 84.9 Å². The van der Waals surface area contributed by atoms with E-state index in [9.17, 15) is 0 Å². The molecule has 2 nitrogen and oxygen atoms in total. The highest BCUT2D eigenvalue weighted by atomic mass is 14.9. The van der Waals surface area contributed by atoms with Crippen LogP contribution in [-0.2, 0) is 12.5 Å². The van der Waals surface area contributed by atoms with Gasteiger partial charge in [0.05, 0.1) is 5.69 Å². The first-order valence-electron chi connectivity index (χ1n) is 10.6. The standard InChI is InChI=1S/C28H30N2/c1-28(2,24-17-9-10-18-25(24)29-3)20-12-16-23-22-15-8-11-19-26(22)30(4)27(23)21-13-6-5-7-14-21/h5-19,29H,20H2,1-4H3/b16-12+. The van der Waals surface area contributed by atoms with Crippen molar-refractivity contribution in [3.63, 3.8) is 0 Å². The van der Waals surface area contributed by atoms with Crippen molar-refractivity contribution in [1.29, 1.82) is 0 Å². The minimum absolute atomic E-state index is 0.0353. The molecule has 0 atom stereocenters. The molecule has 30 heavy (non-hydrogen) atoms. The lowest BCUT2D eigenvalue weighted by molar-refractivity contribution is 0.536. The number of allylic oxidation sites excluding steroid dienone is 1. The Morgan fingerprint density at radius 2 is 1.53 bits per heavy atom. The Hall–Kier alpha value is -3.26. The van der Waals surface area contributed by atoms with Gasteiger partial charge < -0.3 is 9.88 Å². The van der Waals surface area contributed by atoms with E-state index in [1.807, 2.05) is 7.05 Å². The molecule has 0 amide bonds. The Morgan fingerprint density at radius 1 is 0.867 bits per heavy atom. The molecule has 0 unspecified atom stereocenters. The van der Waals surface area contributed by atoms with Crippen LogP contribution in [0.4, 0.5) is 5.69 Å². The minimum Gasteiger partial charge on any atom is -0.388 e. The van der Waals surface area contributed by atoms with Gasteiger partial charge in [-0.15, -0.1) is 0 Å². The molecule has 0 aliphatic carbocycles. The van der Waals surface area contributed by atoms with Crippen molar-refractivity contribution in [3.8, 4) is 11.3 Å². The zero-order chi connectivity index (χ0) is 21.1. The van der Waals surface area contributed by atoms with Gasteiger partial charge >= 0.3 is 0 Å². The molecule has 0 saturated carbocycles. The third-order valence-corrected chi connectivity index (χ3v) is 6.03. The Balaban J connectivity index is 1.74. The molecular weight excluding hydrogens is 364 g/mol. The minimum atomic E-state index is 0.0353. The molecule has 1 heterocycles. The number of fused-ring (bicyclic) bond motifs is 1. The number of aromatic nitrogens is 1. The molecular formula is C28H30N2. The van der Waals surface area contributed by atoms with Crippen LogP contribution in [0.1, 0.15) is 31.4 Å². The quantitative estimate of drug-likeness (QED) is 0.364. The third kappa shape index (κ3) is 3.66. The Labute approximate surface area is 179 Å². The highest BCUT2D eigenvalue weighted by Crippen LogP contribution is 2.36. The second-order valence-corrected chi connectivity index (χ2v) is 8.49. The van der Waals surface area contributed by atoms with E-state index in [2.05, 4.69) is 122 Å². The van der Waals surface area contributed by atoms with Crippen LogP contribution >= 0.6 is 0 Å². The van der Waals surface area contributed by atoms with Gasteiger partial charge in [-0.25, -0.2) is 0 Å². The van der Waals surface area contributed by atoms with Crippen LogP contribution in [0.5, 0.6) is 0 Å². The first-order chi connectivity index (χ1) is 14.5. The molecule has 0 aliphatic rings. The van der Waals surface area contributed by atoms with Crippen molar-refractivity contribution < 1.29 is 0 Å². The molecule has 3 aromatic carbocycles. The fraction of sp³-hybridized carbons (Fsp3) is 0.214. The number of hydrogen-bond acceptors (Lipinski definition) is 1. The first kappa shape index (κ1) is 20.0. The summed E-state index contributed by atoms with van der Waals surface area (Å²) >= 11 is 0. The average molecular weight is 395 g/mol. The lowest BCUT2D eigenvalue weighted by Gasteiger charge is -2.26. The second-order valence-electron chi connectivity index (χ2n) is 8.49. The lowest BCUT2D eigenvalue weighted by Crippen LogP contribution is -2.17. The van der Waals surface area contributed by atoms with Crippen LogP contribution < -0.4 is 5.32 Å². The molecule has 152 valence electrons. The fourth-order valence-corrected chi connectivity index (χ4v) is 4.41. The van der Waals surface area contributed by atoms with Crippen molar-refractivity contribution in [2.75, 3.05) is 12.4 Å². The normalized spacial score (nSPS) is 12.0. The SMILES string of the molecule is CNc1ccccc1C(C)(C)C/C=C/c1c(-c2ccccc2)n(C)c2ccccc12. The summed E-state index contributed by atoms with van der Waals surface area (Å²) in [6.45, 7) is 4.63. The summed E-state index contributed by atoms with van der Waals surface area (Å²) in [7, 11) is 4.15. The average Bonchev–Trinajstić information content (AvgIpc) is 3.06. The van der Waals surface area contributed by atoms with Gasteiger partial charge in [-0.3, -0.25) is 0 Å². The van der Waals surface area contributed by atoms with E-state index in [1.54, 1.807) is 0 Å². The van der Waals surface area contributed by atoms with Crippen LogP contribution in [-0.4, -0.2) is 11.6 Å². The monoisotopic (exact) mass is 394 g/mol. The van der Waals surface area contributed by atoms with E-state index in [1.165, 1.54) is 39.0 Å². The summed E-state index contributed by atoms with van der Waals surface area (Å²) in [6, 6.07) is 27.9. The Bertz CT molecular complexity index is 1180. The fourth-order valence-electron chi connectivity index (χ4n) is 4.41. The lowest BCUT2D eigenvalue weighted by atomic mass is 9.80. The largest absolute Gasteiger partial charge is 0.388 e. The predicted molar refractivity (Wildman–Crippen MR) is 131 cm³/mol. The summed E-state index contributed by atoms with van der Waals surface area (Å²) < 4.78 is 2.31. The number of hydrogen-bond donors (Lipinski definition) is 1. The number of nitrogens with one attached hydrogen (secondary N) is 1. The van der Waals surface area contributed by atoms with E-state index in [-0.39, 0.29) is 5.41 Å². The van der Waals surface area contributed by atoms with E-state index < -0.39 is 0 Å². The number of rotatable bonds is 6. The number of benzene rings is 3. The zero-order valence-corrected chi connectivity index (χ0v) is 18.3. The van der Waals surface area contributed by atoms with Gasteiger partial charge in [0.15, 0.2) is 0 Å². The Kier molecular flexibility index (Phi) is 5.50. The maximum absolute atomic E-state index is 3.34. The van der Waals surface area contributed by atoms with Crippen LogP contribution in [0.25, 0.3) is 28.2 Å². The van der Waals surface area contributed by atoms with E-state index in [0.717, 1.165) is 6.42 Å². The summed E-state index contributed by atoms with van der Waals surface area (Å²) in [4.78, 5) is 0. The van der Waals surface area contributed by atoms with Crippen LogP contribution in [0.3, 0.4) is 0 Å². The first-order valence-corrected chi connectivity index (χ1v) is 10.6. The molecule has 0 fully saturated rings. The van der Waals surface area contributed by atoms with E-state index >= 15 is 0 Å². The van der Waals surface area contributed by atoms with Gasteiger partial charge in [-0.1, -0.05) is 92.7 Å². The van der Waals surface area contributed by atoms with Gasteiger partial charge in [0.25, 0.3) is 0 Å². The van der Waals surface area contributed by atoms with Gasteiger partial charge in [-0.2, -0.15) is 0 Å². The molecule has 0 radical (unpaired) electrons. The zero-order valence-electron chi connectivity index (χ0n) is 18.3. The summed E-state index contributed by atoms with van der Waals surface area (Å²) in [5, 5.41) is 4.64. The molecule has 1 N–H and O–H groups in total. The van der Waals surface area contributed by atoms with Gasteiger partial charge in [-0.05, 0) is 35.1 Å². The summed E-state index contributed by atoms with van der Waals surface area (Å²) in [5.74, 6) is 0. The topological polar surface area (TPSA) is 17.0 Å². The van der Waals surface area contributed by atoms with Crippen LogP contribution in [0.2, 0.25) is 0 Å². The van der Waals surface area contributed by atoms with Gasteiger partial charge in [0.1, 0.15) is 0 Å². The smallest absolute Gasteiger partial charge is 0.0562 e. The summed E-state index contributed by atoms with van der Waals surface area (Å²) in [6.07, 6.45) is 5.61. The van der Waals surface area contributed by atoms with Crippen LogP contribution in [0, 0.1) is 0 Å². The van der Waals surface area contributed by atoms with Crippen molar-refractivity contribution in [3.05, 3.63) is 96.1 Å². The second kappa shape index (κ2) is 8.23.